The maximum Gasteiger partial charge on any atom is 0.273 e. The van der Waals surface area contributed by atoms with E-state index in [4.69, 9.17) is 32.7 Å². The van der Waals surface area contributed by atoms with Gasteiger partial charge in [-0.15, -0.1) is 0 Å². The highest BCUT2D eigenvalue weighted by molar-refractivity contribution is 7.93. The number of hydrogen-bond acceptors (Lipinski definition) is 12. The highest BCUT2D eigenvalue weighted by Gasteiger charge is 2.33. The zero-order chi connectivity index (χ0) is 42.2. The fraction of sp³-hybridized carbons (Fsp3) is 0.257. The number of carbonyl (C=O) groups is 2. The lowest BCUT2D eigenvalue weighted by Crippen LogP contribution is -2.43. The van der Waals surface area contributed by atoms with Gasteiger partial charge in [-0.25, -0.2) is 16.8 Å². The molecule has 0 unspecified atom stereocenters. The van der Waals surface area contributed by atoms with Crippen molar-refractivity contribution in [1.82, 2.24) is 10.6 Å². The maximum atomic E-state index is 13.9. The predicted molar refractivity (Wildman–Crippen MR) is 211 cm³/mol. The lowest BCUT2D eigenvalue weighted by Gasteiger charge is -2.26. The Hall–Kier alpha value is -5.70. The molecule has 0 aliphatic carbocycles. The number of benzene rings is 4. The summed E-state index contributed by atoms with van der Waals surface area (Å²) in [5, 5.41) is 28.5. The Morgan fingerprint density at radius 2 is 1.02 bits per heavy atom. The Balaban J connectivity index is 1.49. The minimum Gasteiger partial charge on any atom is -0.495 e. The summed E-state index contributed by atoms with van der Waals surface area (Å²) < 4.78 is 67.8. The molecule has 0 bridgehead atoms. The Bertz CT molecular complexity index is 2270. The lowest BCUT2D eigenvalue weighted by atomic mass is 10.2. The van der Waals surface area contributed by atoms with Crippen molar-refractivity contribution in [3.63, 3.8) is 0 Å². The number of ether oxygens (including phenoxy) is 2. The summed E-state index contributed by atoms with van der Waals surface area (Å²) in [5.41, 5.74) is -0.712. The van der Waals surface area contributed by atoms with E-state index in [1.54, 1.807) is 0 Å². The Morgan fingerprint density at radius 3 is 1.35 bits per heavy atom. The van der Waals surface area contributed by atoms with Crippen LogP contribution >= 0.6 is 23.2 Å². The number of nitro benzene ring substituents is 2. The predicted octanol–water partition coefficient (Wildman–Crippen LogP) is 5.16. The first-order chi connectivity index (χ1) is 26.8. The van der Waals surface area contributed by atoms with E-state index in [0.717, 1.165) is 12.1 Å². The molecule has 4 aromatic carbocycles. The van der Waals surface area contributed by atoms with Crippen LogP contribution in [0.15, 0.2) is 82.6 Å². The fourth-order valence-electron chi connectivity index (χ4n) is 5.38. The van der Waals surface area contributed by atoms with Crippen LogP contribution in [0.2, 0.25) is 10.0 Å². The average molecular weight is 868 g/mol. The van der Waals surface area contributed by atoms with Gasteiger partial charge >= 0.3 is 0 Å². The van der Waals surface area contributed by atoms with Crippen LogP contribution < -0.4 is 28.7 Å². The van der Waals surface area contributed by atoms with Crippen LogP contribution in [0.4, 0.5) is 22.7 Å². The SMILES string of the molecule is COc1ccc(Cl)cc1N(CC(=O)NCCCNC(=O)CN(c1cc(Cl)ccc1OC)S(=O)(=O)c1ccc(C)c([N+](=O)[O-])c1)S(=O)(=O)c1ccc(C)c([N+](=O)[O-])c1. The number of nitro groups is 2. The average Bonchev–Trinajstić information content (AvgIpc) is 3.15. The molecule has 4 rings (SSSR count). The van der Waals surface area contributed by atoms with E-state index < -0.39 is 76.0 Å². The van der Waals surface area contributed by atoms with Gasteiger partial charge in [0.1, 0.15) is 24.6 Å². The van der Waals surface area contributed by atoms with Crippen LogP contribution in [-0.4, -0.2) is 78.9 Å². The van der Waals surface area contributed by atoms with Crippen molar-refractivity contribution >= 4 is 77.8 Å². The Labute approximate surface area is 337 Å². The second-order valence-electron chi connectivity index (χ2n) is 12.1. The number of methoxy groups -OCH3 is 2. The van der Waals surface area contributed by atoms with Gasteiger partial charge in [-0.05, 0) is 68.8 Å². The van der Waals surface area contributed by atoms with Gasteiger partial charge in [-0.3, -0.25) is 38.4 Å². The van der Waals surface area contributed by atoms with Crippen LogP contribution in [-0.2, 0) is 29.6 Å². The van der Waals surface area contributed by atoms with Crippen molar-refractivity contribution in [2.75, 3.05) is 49.0 Å². The molecular weight excluding hydrogens is 831 g/mol. The van der Waals surface area contributed by atoms with Crippen molar-refractivity contribution in [2.45, 2.75) is 30.1 Å². The van der Waals surface area contributed by atoms with E-state index in [-0.39, 0.29) is 63.6 Å². The third-order valence-electron chi connectivity index (χ3n) is 8.32. The second-order valence-corrected chi connectivity index (χ2v) is 16.7. The number of amides is 2. The first kappa shape index (κ1) is 44.0. The number of aryl methyl sites for hydroxylation is 2. The highest BCUT2D eigenvalue weighted by Crippen LogP contribution is 2.37. The van der Waals surface area contributed by atoms with E-state index in [9.17, 15) is 46.7 Å². The van der Waals surface area contributed by atoms with Crippen LogP contribution in [0, 0.1) is 34.1 Å². The zero-order valence-electron chi connectivity index (χ0n) is 30.7. The summed E-state index contributed by atoms with van der Waals surface area (Å²) in [6.07, 6.45) is 0.0895. The fourth-order valence-corrected chi connectivity index (χ4v) is 8.60. The summed E-state index contributed by atoms with van der Waals surface area (Å²) in [5.74, 6) is -1.53. The van der Waals surface area contributed by atoms with Gasteiger partial charge < -0.3 is 20.1 Å². The van der Waals surface area contributed by atoms with E-state index in [2.05, 4.69) is 10.6 Å². The molecule has 0 heterocycles. The number of carbonyl (C=O) groups excluding carboxylic acids is 2. The molecule has 2 N–H and O–H groups in total. The molecule has 0 saturated carbocycles. The Morgan fingerprint density at radius 1 is 0.649 bits per heavy atom. The van der Waals surface area contributed by atoms with Crippen molar-refractivity contribution in [1.29, 1.82) is 0 Å². The van der Waals surface area contributed by atoms with Gasteiger partial charge in [0.25, 0.3) is 31.4 Å². The van der Waals surface area contributed by atoms with Crippen molar-refractivity contribution < 1.29 is 45.7 Å². The summed E-state index contributed by atoms with van der Waals surface area (Å²) in [6, 6.07) is 14.8. The number of hydrogen-bond donors (Lipinski definition) is 2. The first-order valence-electron chi connectivity index (χ1n) is 16.6. The molecule has 22 heteroatoms. The monoisotopic (exact) mass is 866 g/mol. The van der Waals surface area contributed by atoms with Crippen molar-refractivity contribution in [2.24, 2.45) is 0 Å². The largest absolute Gasteiger partial charge is 0.495 e. The number of halogens is 2. The third kappa shape index (κ3) is 10.4. The van der Waals surface area contributed by atoms with Gasteiger partial charge in [0.2, 0.25) is 11.8 Å². The van der Waals surface area contributed by atoms with Gasteiger partial charge in [0.05, 0.1) is 45.2 Å². The third-order valence-corrected chi connectivity index (χ3v) is 12.3. The number of nitrogens with zero attached hydrogens (tertiary/aromatic N) is 4. The molecule has 0 aliphatic heterocycles. The van der Waals surface area contributed by atoms with Crippen LogP contribution in [0.3, 0.4) is 0 Å². The molecule has 18 nitrogen and oxygen atoms in total. The molecule has 304 valence electrons. The van der Waals surface area contributed by atoms with E-state index in [1.807, 2.05) is 0 Å². The quantitative estimate of drug-likeness (QED) is 0.0750. The second kappa shape index (κ2) is 18.5. The number of sulfonamides is 2. The molecule has 0 spiro atoms. The van der Waals surface area contributed by atoms with Crippen molar-refractivity contribution in [3.05, 3.63) is 114 Å². The molecule has 0 fully saturated rings. The number of rotatable bonds is 18. The highest BCUT2D eigenvalue weighted by atomic mass is 35.5. The molecule has 0 saturated heterocycles. The van der Waals surface area contributed by atoms with Gasteiger partial charge in [-0.2, -0.15) is 0 Å². The first-order valence-corrected chi connectivity index (χ1v) is 20.2. The standard InChI is InChI=1S/C35H36Cl2N6O12S2/c1-22-6-10-26(18-28(22)42(46)47)56(50,51)40(30-16-24(36)8-12-32(30)54-3)20-34(44)38-14-5-15-39-35(45)21-41(31-17-25(37)9-13-33(31)55-4)57(52,53)27-11-7-23(2)29(19-27)43(48)49/h6-13,16-19H,5,14-15,20-21H2,1-4H3,(H,38,44)(H,39,45). The van der Waals surface area contributed by atoms with Gasteiger partial charge in [0.15, 0.2) is 0 Å². The molecular formula is C35H36Cl2N6O12S2. The molecule has 0 atom stereocenters. The summed E-state index contributed by atoms with van der Waals surface area (Å²) in [4.78, 5) is 47.2. The van der Waals surface area contributed by atoms with Gasteiger partial charge in [-0.1, -0.05) is 35.3 Å². The number of nitrogens with one attached hydrogen (secondary N) is 2. The molecule has 0 aliphatic rings. The minimum atomic E-state index is -4.63. The Kier molecular flexibility index (Phi) is 14.3. The molecule has 4 aromatic rings. The topological polar surface area (TPSA) is 238 Å². The number of anilines is 2. The minimum absolute atomic E-state index is 0.0344. The van der Waals surface area contributed by atoms with Crippen LogP contribution in [0.1, 0.15) is 17.5 Å². The van der Waals surface area contributed by atoms with Crippen LogP contribution in [0.25, 0.3) is 0 Å². The van der Waals surface area contributed by atoms with Crippen LogP contribution in [0.5, 0.6) is 11.5 Å². The molecule has 0 radical (unpaired) electrons. The smallest absolute Gasteiger partial charge is 0.273 e. The summed E-state index contributed by atoms with van der Waals surface area (Å²) >= 11 is 12.4. The normalized spacial score (nSPS) is 11.3. The molecule has 57 heavy (non-hydrogen) atoms. The molecule has 0 aromatic heterocycles. The van der Waals surface area contributed by atoms with Crippen molar-refractivity contribution in [3.8, 4) is 11.5 Å². The summed E-state index contributed by atoms with van der Waals surface area (Å²) in [6.45, 7) is 1.09. The van der Waals surface area contributed by atoms with E-state index in [0.29, 0.717) is 8.61 Å². The van der Waals surface area contributed by atoms with E-state index >= 15 is 0 Å². The molecule has 2 amide bonds. The zero-order valence-corrected chi connectivity index (χ0v) is 33.9. The maximum absolute atomic E-state index is 13.9. The lowest BCUT2D eigenvalue weighted by molar-refractivity contribution is -0.385. The van der Waals surface area contributed by atoms with E-state index in [1.165, 1.54) is 88.7 Å². The summed E-state index contributed by atoms with van der Waals surface area (Å²) in [7, 11) is -6.72. The van der Waals surface area contributed by atoms with Gasteiger partial charge in [0, 0.05) is 46.4 Å².